The van der Waals surface area contributed by atoms with Crippen LogP contribution in [0.5, 0.6) is 0 Å². The maximum Gasteiger partial charge on any atom is 0.243 e. The lowest BCUT2D eigenvalue weighted by molar-refractivity contribution is 0.222. The van der Waals surface area contributed by atoms with Crippen LogP contribution in [-0.2, 0) is 16.6 Å². The Morgan fingerprint density at radius 2 is 1.65 bits per heavy atom. The highest BCUT2D eigenvalue weighted by Crippen LogP contribution is 2.22. The Hall–Kier alpha value is -0.910. The maximum absolute atomic E-state index is 13.0. The Labute approximate surface area is 174 Å². The highest BCUT2D eigenvalue weighted by molar-refractivity contribution is 14.0. The first-order chi connectivity index (χ1) is 12.0. The number of rotatable bonds is 6. The highest BCUT2D eigenvalue weighted by atomic mass is 127. The zero-order valence-electron chi connectivity index (χ0n) is 15.7. The van der Waals surface area contributed by atoms with Gasteiger partial charge in [-0.3, -0.25) is 0 Å². The second kappa shape index (κ2) is 11.1. The monoisotopic (exact) mass is 495 g/mol. The van der Waals surface area contributed by atoms with Crippen LogP contribution in [0.15, 0.2) is 34.2 Å². The molecular weight excluding hydrogens is 465 g/mol. The van der Waals surface area contributed by atoms with Crippen molar-refractivity contribution < 1.29 is 8.42 Å². The number of guanidine groups is 1. The molecular formula is C17H30IN5O2S. The molecule has 0 saturated carbocycles. The molecule has 9 heteroatoms. The van der Waals surface area contributed by atoms with Gasteiger partial charge < -0.3 is 15.5 Å². The zero-order valence-corrected chi connectivity index (χ0v) is 18.9. The minimum atomic E-state index is -3.49. The van der Waals surface area contributed by atoms with Crippen molar-refractivity contribution in [1.29, 1.82) is 0 Å². The van der Waals surface area contributed by atoms with Gasteiger partial charge in [-0.25, -0.2) is 13.4 Å². The Morgan fingerprint density at radius 1 is 1.08 bits per heavy atom. The van der Waals surface area contributed by atoms with Gasteiger partial charge in [0.1, 0.15) is 0 Å². The molecule has 0 bridgehead atoms. The van der Waals surface area contributed by atoms with Crippen molar-refractivity contribution in [2.24, 2.45) is 4.99 Å². The van der Waals surface area contributed by atoms with Crippen LogP contribution in [0.3, 0.4) is 0 Å². The average Bonchev–Trinajstić information content (AvgIpc) is 2.61. The summed E-state index contributed by atoms with van der Waals surface area (Å²) in [6.45, 7) is 8.39. The van der Waals surface area contributed by atoms with Crippen LogP contribution in [0.1, 0.15) is 19.4 Å². The summed E-state index contributed by atoms with van der Waals surface area (Å²) in [5.74, 6) is 0.691. The molecule has 1 fully saturated rings. The normalized spacial score (nSPS) is 15.8. The predicted octanol–water partition coefficient (Wildman–Crippen LogP) is 1.32. The van der Waals surface area contributed by atoms with Gasteiger partial charge in [-0.15, -0.1) is 24.0 Å². The van der Waals surface area contributed by atoms with E-state index in [-0.39, 0.29) is 24.0 Å². The van der Waals surface area contributed by atoms with E-state index in [2.05, 4.69) is 20.5 Å². The van der Waals surface area contributed by atoms with Crippen LogP contribution in [0.4, 0.5) is 0 Å². The third-order valence-corrected chi connectivity index (χ3v) is 6.15. The number of hydrogen-bond acceptors (Lipinski definition) is 4. The Morgan fingerprint density at radius 3 is 2.23 bits per heavy atom. The van der Waals surface area contributed by atoms with Gasteiger partial charge >= 0.3 is 0 Å². The number of likely N-dealkylation sites (N-methyl/N-ethyl adjacent to an activating group) is 1. The van der Waals surface area contributed by atoms with Crippen molar-refractivity contribution in [1.82, 2.24) is 19.8 Å². The predicted molar refractivity (Wildman–Crippen MR) is 117 cm³/mol. The number of sulfonamides is 1. The SMILES string of the molecule is CCNC(=NCc1ccccc1S(=O)(=O)N1CCN(C)CC1)NCC.I. The first kappa shape index (κ1) is 23.1. The Kier molecular flexibility index (Phi) is 9.83. The van der Waals surface area contributed by atoms with E-state index in [1.807, 2.05) is 33.0 Å². The molecule has 0 unspecified atom stereocenters. The molecule has 0 aliphatic carbocycles. The van der Waals surface area contributed by atoms with E-state index in [0.29, 0.717) is 30.5 Å². The molecule has 0 atom stereocenters. The molecule has 0 aromatic heterocycles. The molecule has 1 aliphatic heterocycles. The molecule has 2 N–H and O–H groups in total. The van der Waals surface area contributed by atoms with Gasteiger partial charge in [-0.1, -0.05) is 18.2 Å². The summed E-state index contributed by atoms with van der Waals surface area (Å²) in [6, 6.07) is 7.14. The molecule has 0 amide bonds. The zero-order chi connectivity index (χ0) is 18.3. The number of halogens is 1. The molecule has 148 valence electrons. The molecule has 7 nitrogen and oxygen atoms in total. The van der Waals surface area contributed by atoms with Gasteiger partial charge in [0.2, 0.25) is 10.0 Å². The number of hydrogen-bond donors (Lipinski definition) is 2. The fourth-order valence-electron chi connectivity index (χ4n) is 2.73. The van der Waals surface area contributed by atoms with Crippen molar-refractivity contribution in [3.63, 3.8) is 0 Å². The maximum atomic E-state index is 13.0. The molecule has 26 heavy (non-hydrogen) atoms. The quantitative estimate of drug-likeness (QED) is 0.354. The van der Waals surface area contributed by atoms with Gasteiger partial charge in [0.15, 0.2) is 5.96 Å². The third-order valence-electron chi connectivity index (χ3n) is 4.15. The van der Waals surface area contributed by atoms with E-state index in [9.17, 15) is 8.42 Å². The molecule has 1 aromatic carbocycles. The number of piperazine rings is 1. The minimum absolute atomic E-state index is 0. The highest BCUT2D eigenvalue weighted by Gasteiger charge is 2.29. The van der Waals surface area contributed by atoms with Crippen LogP contribution in [0.2, 0.25) is 0 Å². The second-order valence-electron chi connectivity index (χ2n) is 6.04. The van der Waals surface area contributed by atoms with Crippen molar-refractivity contribution >= 4 is 40.0 Å². The van der Waals surface area contributed by atoms with Crippen LogP contribution in [0.25, 0.3) is 0 Å². The van der Waals surface area contributed by atoms with E-state index in [1.165, 1.54) is 0 Å². The number of aliphatic imine (C=N–C) groups is 1. The van der Waals surface area contributed by atoms with E-state index >= 15 is 0 Å². The van der Waals surface area contributed by atoms with E-state index in [1.54, 1.807) is 16.4 Å². The summed E-state index contributed by atoms with van der Waals surface area (Å²) in [7, 11) is -1.48. The van der Waals surface area contributed by atoms with Gasteiger partial charge in [0.05, 0.1) is 11.4 Å². The summed E-state index contributed by atoms with van der Waals surface area (Å²) in [6.07, 6.45) is 0. The first-order valence-corrected chi connectivity index (χ1v) is 10.2. The smallest absolute Gasteiger partial charge is 0.243 e. The van der Waals surface area contributed by atoms with Gasteiger partial charge in [-0.2, -0.15) is 4.31 Å². The molecule has 1 saturated heterocycles. The largest absolute Gasteiger partial charge is 0.357 e. The number of nitrogens with one attached hydrogen (secondary N) is 2. The van der Waals surface area contributed by atoms with Crippen molar-refractivity contribution in [2.45, 2.75) is 25.3 Å². The first-order valence-electron chi connectivity index (χ1n) is 8.77. The number of nitrogens with zero attached hydrogens (tertiary/aromatic N) is 3. The van der Waals surface area contributed by atoms with E-state index < -0.39 is 10.0 Å². The lowest BCUT2D eigenvalue weighted by atomic mass is 10.2. The topological polar surface area (TPSA) is 77.0 Å². The summed E-state index contributed by atoms with van der Waals surface area (Å²) >= 11 is 0. The van der Waals surface area contributed by atoms with Gasteiger partial charge in [-0.05, 0) is 32.5 Å². The van der Waals surface area contributed by atoms with Crippen molar-refractivity contribution in [2.75, 3.05) is 46.3 Å². The Balaban J connectivity index is 0.00000338. The van der Waals surface area contributed by atoms with Crippen LogP contribution >= 0.6 is 24.0 Å². The van der Waals surface area contributed by atoms with E-state index in [0.717, 1.165) is 31.7 Å². The Bertz CT molecular complexity index is 680. The van der Waals surface area contributed by atoms with Crippen LogP contribution in [0, 0.1) is 0 Å². The molecule has 1 heterocycles. The van der Waals surface area contributed by atoms with Crippen molar-refractivity contribution in [3.05, 3.63) is 29.8 Å². The van der Waals surface area contributed by atoms with E-state index in [4.69, 9.17) is 0 Å². The fourth-order valence-corrected chi connectivity index (χ4v) is 4.36. The van der Waals surface area contributed by atoms with Crippen LogP contribution in [-0.4, -0.2) is 69.9 Å². The van der Waals surface area contributed by atoms with Gasteiger partial charge in [0.25, 0.3) is 0 Å². The van der Waals surface area contributed by atoms with Crippen LogP contribution < -0.4 is 10.6 Å². The standard InChI is InChI=1S/C17H29N5O2S.HI/c1-4-18-17(19-5-2)20-14-15-8-6-7-9-16(15)25(23,24)22-12-10-21(3)11-13-22;/h6-9H,4-5,10-14H2,1-3H3,(H2,18,19,20);1H. The second-order valence-corrected chi connectivity index (χ2v) is 7.95. The number of benzene rings is 1. The molecule has 1 aliphatic rings. The summed E-state index contributed by atoms with van der Waals surface area (Å²) in [4.78, 5) is 7.01. The molecule has 0 radical (unpaired) electrons. The summed E-state index contributed by atoms with van der Waals surface area (Å²) < 4.78 is 27.7. The summed E-state index contributed by atoms with van der Waals surface area (Å²) in [5, 5.41) is 6.31. The summed E-state index contributed by atoms with van der Waals surface area (Å²) in [5.41, 5.74) is 0.717. The fraction of sp³-hybridized carbons (Fsp3) is 0.588. The van der Waals surface area contributed by atoms with Crippen molar-refractivity contribution in [3.8, 4) is 0 Å². The van der Waals surface area contributed by atoms with Gasteiger partial charge in [0, 0.05) is 39.3 Å². The third kappa shape index (κ3) is 6.07. The molecule has 1 aromatic rings. The molecule has 2 rings (SSSR count). The molecule has 0 spiro atoms. The lowest BCUT2D eigenvalue weighted by Crippen LogP contribution is -2.47. The minimum Gasteiger partial charge on any atom is -0.357 e. The average molecular weight is 495 g/mol. The lowest BCUT2D eigenvalue weighted by Gasteiger charge is -2.32.